The third kappa shape index (κ3) is 1.48. The van der Waals surface area contributed by atoms with Crippen LogP contribution < -0.4 is 5.32 Å². The van der Waals surface area contributed by atoms with E-state index < -0.39 is 5.41 Å². The van der Waals surface area contributed by atoms with Crippen molar-refractivity contribution in [1.82, 2.24) is 5.32 Å². The molecule has 1 aliphatic heterocycles. The van der Waals surface area contributed by atoms with Crippen LogP contribution in [0, 0.1) is 16.2 Å². The number of carbonyl (C=O) groups is 2. The first-order chi connectivity index (χ1) is 7.50. The van der Waals surface area contributed by atoms with Gasteiger partial charge in [-0.2, -0.15) is 0 Å². The van der Waals surface area contributed by atoms with Crippen molar-refractivity contribution in [2.24, 2.45) is 16.2 Å². The second-order valence-electron chi connectivity index (χ2n) is 7.10. The van der Waals surface area contributed by atoms with E-state index in [4.69, 9.17) is 0 Å². The Labute approximate surface area is 103 Å². The van der Waals surface area contributed by atoms with E-state index in [1.165, 1.54) is 0 Å². The molecule has 0 spiro atoms. The largest absolute Gasteiger partial charge is 0.292 e. The normalized spacial score (nSPS) is 29.1. The Morgan fingerprint density at radius 3 is 2.00 bits per heavy atom. The van der Waals surface area contributed by atoms with Gasteiger partial charge in [-0.15, -0.1) is 0 Å². The van der Waals surface area contributed by atoms with Crippen LogP contribution in [0.4, 0.5) is 0 Å². The zero-order valence-electron chi connectivity index (χ0n) is 11.5. The SMILES string of the molecule is CC1(C)CC(C)(C)C2=C1C(=O)NC(=O)C2(C)C. The topological polar surface area (TPSA) is 46.2 Å². The molecule has 0 saturated carbocycles. The predicted octanol–water partition coefficient (Wildman–Crippen LogP) is 2.42. The van der Waals surface area contributed by atoms with Gasteiger partial charge >= 0.3 is 0 Å². The molecule has 0 bridgehead atoms. The van der Waals surface area contributed by atoms with Gasteiger partial charge in [0, 0.05) is 5.57 Å². The lowest BCUT2D eigenvalue weighted by atomic mass is 9.69. The fourth-order valence-corrected chi connectivity index (χ4v) is 3.97. The lowest BCUT2D eigenvalue weighted by Gasteiger charge is -2.37. The van der Waals surface area contributed by atoms with Gasteiger partial charge in [0.25, 0.3) is 5.91 Å². The molecule has 1 N–H and O–H groups in total. The molecule has 2 aliphatic rings. The van der Waals surface area contributed by atoms with Gasteiger partial charge in [0.1, 0.15) is 0 Å². The van der Waals surface area contributed by atoms with E-state index in [-0.39, 0.29) is 22.6 Å². The minimum Gasteiger partial charge on any atom is -0.292 e. The van der Waals surface area contributed by atoms with Crippen molar-refractivity contribution in [2.45, 2.75) is 48.0 Å². The highest BCUT2D eigenvalue weighted by atomic mass is 16.2. The zero-order valence-corrected chi connectivity index (χ0v) is 11.5. The van der Waals surface area contributed by atoms with E-state index in [0.717, 1.165) is 17.6 Å². The van der Waals surface area contributed by atoms with Gasteiger partial charge in [0.15, 0.2) is 0 Å². The van der Waals surface area contributed by atoms with Crippen molar-refractivity contribution in [1.29, 1.82) is 0 Å². The third-order valence-corrected chi connectivity index (χ3v) is 4.13. The number of amides is 2. The number of nitrogens with one attached hydrogen (secondary N) is 1. The van der Waals surface area contributed by atoms with Crippen LogP contribution in [0.5, 0.6) is 0 Å². The molecule has 17 heavy (non-hydrogen) atoms. The van der Waals surface area contributed by atoms with E-state index in [2.05, 4.69) is 33.0 Å². The molecule has 0 unspecified atom stereocenters. The number of hydrogen-bond acceptors (Lipinski definition) is 2. The maximum atomic E-state index is 12.1. The number of imide groups is 1. The molecule has 1 aliphatic carbocycles. The van der Waals surface area contributed by atoms with E-state index in [1.54, 1.807) is 0 Å². The van der Waals surface area contributed by atoms with Crippen LogP contribution in [-0.4, -0.2) is 11.8 Å². The zero-order chi connectivity index (χ0) is 13.2. The van der Waals surface area contributed by atoms with Crippen molar-refractivity contribution >= 4 is 11.8 Å². The lowest BCUT2D eigenvalue weighted by molar-refractivity contribution is -0.135. The molecular formula is C14H21NO2. The van der Waals surface area contributed by atoms with Crippen LogP contribution in [-0.2, 0) is 9.59 Å². The average Bonchev–Trinajstić information content (AvgIpc) is 2.28. The van der Waals surface area contributed by atoms with Gasteiger partial charge in [-0.3, -0.25) is 14.9 Å². The molecule has 0 fully saturated rings. The minimum absolute atomic E-state index is 0.0875. The summed E-state index contributed by atoms with van der Waals surface area (Å²) in [5.74, 6) is -0.369. The van der Waals surface area contributed by atoms with Crippen LogP contribution in [0.2, 0.25) is 0 Å². The maximum absolute atomic E-state index is 12.1. The van der Waals surface area contributed by atoms with Crippen molar-refractivity contribution < 1.29 is 9.59 Å². The third-order valence-electron chi connectivity index (χ3n) is 4.13. The van der Waals surface area contributed by atoms with E-state index >= 15 is 0 Å². The Morgan fingerprint density at radius 2 is 1.47 bits per heavy atom. The van der Waals surface area contributed by atoms with Crippen LogP contribution >= 0.6 is 0 Å². The van der Waals surface area contributed by atoms with Crippen molar-refractivity contribution in [2.75, 3.05) is 0 Å². The molecule has 1 heterocycles. The van der Waals surface area contributed by atoms with Crippen molar-refractivity contribution in [3.05, 3.63) is 11.1 Å². The Kier molecular flexibility index (Phi) is 2.18. The monoisotopic (exact) mass is 235 g/mol. The fraction of sp³-hybridized carbons (Fsp3) is 0.714. The van der Waals surface area contributed by atoms with Gasteiger partial charge in [0.2, 0.25) is 5.91 Å². The molecule has 0 aromatic rings. The molecule has 0 aromatic heterocycles. The van der Waals surface area contributed by atoms with Gasteiger partial charge in [0.05, 0.1) is 5.41 Å². The summed E-state index contributed by atoms with van der Waals surface area (Å²) < 4.78 is 0. The molecule has 0 atom stereocenters. The smallest absolute Gasteiger partial charge is 0.254 e. The number of hydrogen-bond donors (Lipinski definition) is 1. The summed E-state index contributed by atoms with van der Waals surface area (Å²) in [6.45, 7) is 12.3. The summed E-state index contributed by atoms with van der Waals surface area (Å²) >= 11 is 0. The van der Waals surface area contributed by atoms with Crippen LogP contribution in [0.15, 0.2) is 11.1 Å². The van der Waals surface area contributed by atoms with Crippen LogP contribution in [0.3, 0.4) is 0 Å². The first-order valence-corrected chi connectivity index (χ1v) is 6.12. The van der Waals surface area contributed by atoms with E-state index in [0.29, 0.717) is 0 Å². The number of rotatable bonds is 0. The highest BCUT2D eigenvalue weighted by molar-refractivity contribution is 6.12. The van der Waals surface area contributed by atoms with Gasteiger partial charge in [-0.1, -0.05) is 27.7 Å². The summed E-state index contributed by atoms with van der Waals surface area (Å²) in [4.78, 5) is 24.1. The summed E-state index contributed by atoms with van der Waals surface area (Å²) in [6.07, 6.45) is 0.912. The molecule has 3 heteroatoms. The number of carbonyl (C=O) groups excluding carboxylic acids is 2. The Balaban J connectivity index is 2.75. The summed E-state index contributed by atoms with van der Waals surface area (Å²) in [7, 11) is 0. The Hall–Kier alpha value is -1.12. The predicted molar refractivity (Wildman–Crippen MR) is 66.1 cm³/mol. The molecule has 2 rings (SSSR count). The van der Waals surface area contributed by atoms with E-state index in [9.17, 15) is 9.59 Å². The average molecular weight is 235 g/mol. The first kappa shape index (κ1) is 12.3. The maximum Gasteiger partial charge on any atom is 0.254 e. The molecule has 2 amide bonds. The Morgan fingerprint density at radius 1 is 0.941 bits per heavy atom. The molecule has 0 aromatic carbocycles. The van der Waals surface area contributed by atoms with Crippen molar-refractivity contribution in [3.8, 4) is 0 Å². The summed E-state index contributed by atoms with van der Waals surface area (Å²) in [5, 5.41) is 2.50. The summed E-state index contributed by atoms with van der Waals surface area (Å²) in [6, 6.07) is 0. The first-order valence-electron chi connectivity index (χ1n) is 6.12. The standard InChI is InChI=1S/C14H21NO2/c1-12(2)7-13(3,4)9-8(12)10(16)15-11(17)14(9,5)6/h7H2,1-6H3,(H,15,16,17). The van der Waals surface area contributed by atoms with Gasteiger partial charge in [-0.25, -0.2) is 0 Å². The molecule has 94 valence electrons. The molecule has 0 saturated heterocycles. The lowest BCUT2D eigenvalue weighted by Crippen LogP contribution is -2.49. The van der Waals surface area contributed by atoms with Crippen molar-refractivity contribution in [3.63, 3.8) is 0 Å². The minimum atomic E-state index is -0.583. The van der Waals surface area contributed by atoms with Crippen LogP contribution in [0.1, 0.15) is 48.0 Å². The Bertz CT molecular complexity index is 453. The van der Waals surface area contributed by atoms with Crippen LogP contribution in [0.25, 0.3) is 0 Å². The summed E-state index contributed by atoms with van der Waals surface area (Å²) in [5.41, 5.74) is 1.04. The highest BCUT2D eigenvalue weighted by Gasteiger charge is 2.56. The highest BCUT2D eigenvalue weighted by Crippen LogP contribution is 2.59. The molecular weight excluding hydrogens is 214 g/mol. The van der Waals surface area contributed by atoms with E-state index in [1.807, 2.05) is 13.8 Å². The molecule has 3 nitrogen and oxygen atoms in total. The quantitative estimate of drug-likeness (QED) is 0.655. The van der Waals surface area contributed by atoms with Gasteiger partial charge in [-0.05, 0) is 36.7 Å². The second kappa shape index (κ2) is 3.01. The van der Waals surface area contributed by atoms with Gasteiger partial charge < -0.3 is 0 Å². The molecule has 0 radical (unpaired) electrons. The second-order valence-corrected chi connectivity index (χ2v) is 7.10. The fourth-order valence-electron chi connectivity index (χ4n) is 3.97.